The van der Waals surface area contributed by atoms with Crippen molar-refractivity contribution in [2.75, 3.05) is 0 Å². The van der Waals surface area contributed by atoms with Crippen LogP contribution in [0.5, 0.6) is 0 Å². The molecule has 8 heteroatoms. The van der Waals surface area contributed by atoms with Crippen LogP contribution in [0.25, 0.3) is 0 Å². The van der Waals surface area contributed by atoms with E-state index in [0.717, 1.165) is 8.55 Å². The number of carbonyl (C=O) groups excluding carboxylic acids is 1. The lowest BCUT2D eigenvalue weighted by atomic mass is 11.3. The van der Waals surface area contributed by atoms with Crippen molar-refractivity contribution in [3.05, 3.63) is 12.3 Å². The highest BCUT2D eigenvalue weighted by molar-refractivity contribution is 7.96. The third-order valence-corrected chi connectivity index (χ3v) is 3.54. The van der Waals surface area contributed by atoms with Gasteiger partial charge in [-0.2, -0.15) is 0 Å². The fourth-order valence-electron chi connectivity index (χ4n) is 0.0966. The first kappa shape index (κ1) is 13.9. The van der Waals surface area contributed by atoms with E-state index in [1.165, 1.54) is 0 Å². The van der Waals surface area contributed by atoms with Crippen LogP contribution in [-0.4, -0.2) is 42.6 Å². The Morgan fingerprint density at radius 1 is 1.82 bits per heavy atom. The summed E-state index contributed by atoms with van der Waals surface area (Å²) in [5, 5.41) is -0.639. The third-order valence-electron chi connectivity index (χ3n) is 0.244. The number of thiol groups is 1. The molecule has 0 atom stereocenters. The Bertz CT molecular complexity index is 110. The maximum absolute atomic E-state index is 9.09. The van der Waals surface area contributed by atoms with Crippen LogP contribution in [-0.2, 0) is 4.12 Å². The number of amides is 1. The van der Waals surface area contributed by atoms with E-state index < -0.39 is 5.24 Å². The van der Waals surface area contributed by atoms with E-state index in [0.29, 0.717) is 19.0 Å². The molecular weight excluding hydrogens is 226 g/mol. The average Bonchev–Trinajstić information content (AvgIpc) is 1.88. The number of rotatable bonds is 4. The number of carbonyl (C=O) groups is 1. The van der Waals surface area contributed by atoms with E-state index in [2.05, 4.69) is 34.7 Å². The van der Waals surface area contributed by atoms with Gasteiger partial charge in [0.15, 0.2) is 9.28 Å². The van der Waals surface area contributed by atoms with Crippen LogP contribution < -0.4 is 5.73 Å². The molecule has 9 radical (unpaired) electrons. The zero-order valence-corrected chi connectivity index (χ0v) is 10.5. The Hall–Kier alpha value is 0.388. The quantitative estimate of drug-likeness (QED) is 0.374. The van der Waals surface area contributed by atoms with E-state index in [1.54, 1.807) is 5.70 Å². The van der Waals surface area contributed by atoms with Crippen molar-refractivity contribution in [1.82, 2.24) is 0 Å². The molecule has 0 unspecified atom stereocenters. The summed E-state index contributed by atoms with van der Waals surface area (Å²) < 4.78 is 5.03. The van der Waals surface area contributed by atoms with E-state index in [1.807, 2.05) is 0 Å². The summed E-state index contributed by atoms with van der Waals surface area (Å²) in [5.74, 6) is 0. The van der Waals surface area contributed by atoms with Crippen molar-refractivity contribution >= 4 is 55.2 Å². The van der Waals surface area contributed by atoms with E-state index in [4.69, 9.17) is 8.91 Å². The smallest absolute Gasteiger partial charge is 0.273 e. The van der Waals surface area contributed by atoms with Gasteiger partial charge in [-0.25, -0.2) is 0 Å². The molecule has 0 saturated carbocycles. The molecule has 1 amide bonds. The summed E-state index contributed by atoms with van der Waals surface area (Å²) in [7, 11) is 5.12. The molecule has 2 N–H and O–H groups in total. The predicted octanol–water partition coefficient (Wildman–Crippen LogP) is -0.917. The summed E-state index contributed by atoms with van der Waals surface area (Å²) in [6.45, 7) is 3.51. The summed E-state index contributed by atoms with van der Waals surface area (Å²) in [5.41, 5.74) is 6.11. The molecule has 0 spiro atoms. The largest absolute Gasteiger partial charge is 0.456 e. The molecule has 0 rings (SSSR count). The minimum atomic E-state index is -0.639. The van der Waals surface area contributed by atoms with Gasteiger partial charge in [-0.3, -0.25) is 4.79 Å². The van der Waals surface area contributed by atoms with Gasteiger partial charge in [0.05, 0.1) is 0 Å². The third kappa shape index (κ3) is 38.0. The van der Waals surface area contributed by atoms with Crippen molar-refractivity contribution < 1.29 is 8.91 Å². The minimum Gasteiger partial charge on any atom is -0.456 e. The highest BCUT2D eigenvalue weighted by atomic mass is 32.1. The van der Waals surface area contributed by atoms with Gasteiger partial charge in [-0.1, -0.05) is 18.3 Å². The number of hydrogen-bond donors (Lipinski definition) is 2. The van der Waals surface area contributed by atoms with Crippen molar-refractivity contribution in [2.24, 2.45) is 5.73 Å². The summed E-state index contributed by atoms with van der Waals surface area (Å²) in [6.07, 6.45) is 0. The topological polar surface area (TPSA) is 52.3 Å². The Labute approximate surface area is 82.3 Å². The molecule has 0 aromatic carbocycles. The summed E-state index contributed by atoms with van der Waals surface area (Å²) >= 11 is 3.10. The van der Waals surface area contributed by atoms with Gasteiger partial charge in [0.2, 0.25) is 9.76 Å². The Balaban J connectivity index is 0. The molecule has 0 fully saturated rings. The second kappa shape index (κ2) is 13.0. The van der Waals surface area contributed by atoms with Gasteiger partial charge < -0.3 is 9.85 Å². The fourth-order valence-corrected chi connectivity index (χ4v) is 3.24. The van der Waals surface area contributed by atoms with Crippen molar-refractivity contribution in [2.45, 2.75) is 0 Å². The first-order chi connectivity index (χ1) is 5.15. The number of hydrogen-bond acceptors (Lipinski definition) is 2. The average molecular weight is 232 g/mol. The molecule has 0 aliphatic heterocycles. The van der Waals surface area contributed by atoms with Crippen LogP contribution in [0, 0.1) is 0 Å². The SMILES string of the molecule is C=C[Si]O[Si][Si][Si].NC(=O)S. The molecule has 0 heterocycles. The van der Waals surface area contributed by atoms with Gasteiger partial charge in [0.25, 0.3) is 5.24 Å². The number of nitrogens with two attached hydrogens (primary N) is 1. The fraction of sp³-hybridized carbons (Fsp3) is 0. The van der Waals surface area contributed by atoms with Gasteiger partial charge in [-0.15, -0.1) is 6.58 Å². The van der Waals surface area contributed by atoms with Crippen molar-refractivity contribution in [3.63, 3.8) is 0 Å². The van der Waals surface area contributed by atoms with Crippen LogP contribution in [0.3, 0.4) is 0 Å². The second-order valence-electron chi connectivity index (χ2n) is 0.989. The highest BCUT2D eigenvalue weighted by Crippen LogP contribution is 1.61. The molecule has 0 aliphatic rings. The van der Waals surface area contributed by atoms with Crippen molar-refractivity contribution in [3.8, 4) is 0 Å². The molecule has 0 aromatic heterocycles. The van der Waals surface area contributed by atoms with Crippen LogP contribution in [0.2, 0.25) is 0 Å². The zero-order valence-electron chi connectivity index (χ0n) is 5.63. The molecule has 0 aliphatic carbocycles. The van der Waals surface area contributed by atoms with E-state index in [-0.39, 0.29) is 0 Å². The second-order valence-corrected chi connectivity index (χ2v) is 6.96. The summed E-state index contributed by atoms with van der Waals surface area (Å²) in [4.78, 5) is 9.09. The van der Waals surface area contributed by atoms with Crippen LogP contribution >= 0.6 is 12.6 Å². The van der Waals surface area contributed by atoms with E-state index >= 15 is 0 Å². The van der Waals surface area contributed by atoms with Crippen molar-refractivity contribution in [1.29, 1.82) is 0 Å². The van der Waals surface area contributed by atoms with Gasteiger partial charge >= 0.3 is 0 Å². The first-order valence-electron chi connectivity index (χ1n) is 2.32. The Morgan fingerprint density at radius 2 is 2.27 bits per heavy atom. The number of primary amides is 1. The summed E-state index contributed by atoms with van der Waals surface area (Å²) in [6, 6.07) is 0. The first-order valence-corrected chi connectivity index (χ1v) is 8.16. The van der Waals surface area contributed by atoms with Crippen LogP contribution in [0.15, 0.2) is 12.3 Å². The van der Waals surface area contributed by atoms with Crippen LogP contribution in [0.4, 0.5) is 4.79 Å². The van der Waals surface area contributed by atoms with Gasteiger partial charge in [-0.05, 0) is 0 Å². The maximum Gasteiger partial charge on any atom is 0.273 e. The molecular formula is C3H6NO2SSi4. The highest BCUT2D eigenvalue weighted by Gasteiger charge is 1.82. The molecule has 57 valence electrons. The maximum atomic E-state index is 9.09. The molecule has 0 bridgehead atoms. The Morgan fingerprint density at radius 3 is 2.55 bits per heavy atom. The molecule has 0 saturated heterocycles. The molecule has 3 nitrogen and oxygen atoms in total. The normalized spacial score (nSPS) is 7.82. The lowest BCUT2D eigenvalue weighted by Gasteiger charge is -1.88. The van der Waals surface area contributed by atoms with Crippen LogP contribution in [0.1, 0.15) is 0 Å². The van der Waals surface area contributed by atoms with Gasteiger partial charge in [0, 0.05) is 18.3 Å². The Kier molecular flexibility index (Phi) is 16.5. The zero-order chi connectivity index (χ0) is 9.11. The standard InChI is InChI=1S/C2H3OSi4.CH3NOS/c1-2-5-3-6-7-4;2-1(3)4/h2H,1H2;(H3,2,3,4). The predicted molar refractivity (Wildman–Crippen MR) is 52.9 cm³/mol. The monoisotopic (exact) mass is 232 g/mol. The lowest BCUT2D eigenvalue weighted by molar-refractivity contribution is 0.267. The molecule has 11 heavy (non-hydrogen) atoms. The van der Waals surface area contributed by atoms with E-state index in [9.17, 15) is 0 Å². The lowest BCUT2D eigenvalue weighted by Crippen LogP contribution is -2.09. The minimum absolute atomic E-state index is 0.474. The molecule has 0 aromatic rings. The van der Waals surface area contributed by atoms with Gasteiger partial charge in [0.1, 0.15) is 0 Å².